The summed E-state index contributed by atoms with van der Waals surface area (Å²) in [5.41, 5.74) is 2.88. The SMILES string of the molecule is CC(C)(C)c1ccc(C(=O)NCc2cnc[nH]2)cc1. The normalized spacial score (nSPS) is 11.3. The van der Waals surface area contributed by atoms with Gasteiger partial charge in [-0.3, -0.25) is 4.79 Å². The Hall–Kier alpha value is -2.10. The van der Waals surface area contributed by atoms with Gasteiger partial charge in [-0.25, -0.2) is 4.98 Å². The van der Waals surface area contributed by atoms with Gasteiger partial charge in [-0.2, -0.15) is 0 Å². The third kappa shape index (κ3) is 3.44. The predicted molar refractivity (Wildman–Crippen MR) is 74.9 cm³/mol. The first-order chi connectivity index (χ1) is 8.97. The first-order valence-corrected chi connectivity index (χ1v) is 6.33. The molecular weight excluding hydrogens is 238 g/mol. The smallest absolute Gasteiger partial charge is 0.251 e. The Bertz CT molecular complexity index is 536. The molecule has 0 saturated carbocycles. The highest BCUT2D eigenvalue weighted by atomic mass is 16.1. The number of aromatic amines is 1. The van der Waals surface area contributed by atoms with E-state index in [-0.39, 0.29) is 11.3 Å². The van der Waals surface area contributed by atoms with Crippen LogP contribution in [0, 0.1) is 0 Å². The van der Waals surface area contributed by atoms with Gasteiger partial charge in [0.2, 0.25) is 0 Å². The molecule has 2 aromatic rings. The summed E-state index contributed by atoms with van der Waals surface area (Å²) >= 11 is 0. The minimum absolute atomic E-state index is 0.0740. The van der Waals surface area contributed by atoms with Gasteiger partial charge in [0, 0.05) is 11.8 Å². The van der Waals surface area contributed by atoms with Gasteiger partial charge in [0.05, 0.1) is 18.6 Å². The fourth-order valence-corrected chi connectivity index (χ4v) is 1.78. The van der Waals surface area contributed by atoms with Crippen LogP contribution in [0.15, 0.2) is 36.8 Å². The van der Waals surface area contributed by atoms with E-state index >= 15 is 0 Å². The monoisotopic (exact) mass is 257 g/mol. The predicted octanol–water partition coefficient (Wildman–Crippen LogP) is 2.64. The van der Waals surface area contributed by atoms with E-state index < -0.39 is 0 Å². The molecule has 1 aromatic heterocycles. The average molecular weight is 257 g/mol. The van der Waals surface area contributed by atoms with Gasteiger partial charge in [0.1, 0.15) is 0 Å². The fourth-order valence-electron chi connectivity index (χ4n) is 1.78. The Kier molecular flexibility index (Phi) is 3.69. The van der Waals surface area contributed by atoms with E-state index in [4.69, 9.17) is 0 Å². The number of amides is 1. The second-order valence-electron chi connectivity index (χ2n) is 5.59. The number of aromatic nitrogens is 2. The van der Waals surface area contributed by atoms with Crippen LogP contribution in [0.1, 0.15) is 42.4 Å². The molecule has 0 unspecified atom stereocenters. The van der Waals surface area contributed by atoms with Crippen LogP contribution in [0.5, 0.6) is 0 Å². The van der Waals surface area contributed by atoms with Gasteiger partial charge >= 0.3 is 0 Å². The Morgan fingerprint density at radius 2 is 1.95 bits per heavy atom. The molecule has 2 rings (SSSR count). The van der Waals surface area contributed by atoms with Crippen molar-refractivity contribution in [1.29, 1.82) is 0 Å². The third-order valence-corrected chi connectivity index (χ3v) is 3.01. The van der Waals surface area contributed by atoms with E-state index in [1.54, 1.807) is 12.5 Å². The molecule has 0 aliphatic heterocycles. The number of nitrogens with one attached hydrogen (secondary N) is 2. The van der Waals surface area contributed by atoms with Crippen molar-refractivity contribution >= 4 is 5.91 Å². The first-order valence-electron chi connectivity index (χ1n) is 6.33. The van der Waals surface area contributed by atoms with Crippen molar-refractivity contribution in [3.63, 3.8) is 0 Å². The van der Waals surface area contributed by atoms with E-state index in [1.807, 2.05) is 24.3 Å². The fraction of sp³-hybridized carbons (Fsp3) is 0.333. The summed E-state index contributed by atoms with van der Waals surface area (Å²) in [5.74, 6) is -0.0740. The van der Waals surface area contributed by atoms with Crippen molar-refractivity contribution in [2.45, 2.75) is 32.7 Å². The zero-order valence-corrected chi connectivity index (χ0v) is 11.5. The van der Waals surface area contributed by atoms with Crippen LogP contribution in [0.4, 0.5) is 0 Å². The zero-order valence-electron chi connectivity index (χ0n) is 11.5. The second-order valence-corrected chi connectivity index (χ2v) is 5.59. The highest BCUT2D eigenvalue weighted by Crippen LogP contribution is 2.22. The molecule has 2 N–H and O–H groups in total. The molecule has 1 amide bonds. The molecule has 4 nitrogen and oxygen atoms in total. The molecular formula is C15H19N3O. The van der Waals surface area contributed by atoms with Crippen LogP contribution in [-0.2, 0) is 12.0 Å². The Morgan fingerprint density at radius 1 is 1.26 bits per heavy atom. The van der Waals surface area contributed by atoms with E-state index in [1.165, 1.54) is 5.56 Å². The minimum Gasteiger partial charge on any atom is -0.347 e. The number of benzene rings is 1. The lowest BCUT2D eigenvalue weighted by molar-refractivity contribution is 0.0950. The lowest BCUT2D eigenvalue weighted by atomic mass is 9.87. The van der Waals surface area contributed by atoms with Gasteiger partial charge < -0.3 is 10.3 Å². The number of hydrogen-bond acceptors (Lipinski definition) is 2. The summed E-state index contributed by atoms with van der Waals surface area (Å²) in [6.07, 6.45) is 3.29. The van der Waals surface area contributed by atoms with Crippen LogP contribution in [0.2, 0.25) is 0 Å². The second kappa shape index (κ2) is 5.26. The van der Waals surface area contributed by atoms with Crippen molar-refractivity contribution in [2.75, 3.05) is 0 Å². The summed E-state index contributed by atoms with van der Waals surface area (Å²) in [6.45, 7) is 6.92. The number of carbonyl (C=O) groups is 1. The maximum atomic E-state index is 12.0. The molecule has 0 aliphatic carbocycles. The topological polar surface area (TPSA) is 57.8 Å². The van der Waals surface area contributed by atoms with Crippen LogP contribution < -0.4 is 5.32 Å². The van der Waals surface area contributed by atoms with Crippen molar-refractivity contribution in [1.82, 2.24) is 15.3 Å². The summed E-state index contributed by atoms with van der Waals surface area (Å²) in [7, 11) is 0. The number of H-pyrrole nitrogens is 1. The number of hydrogen-bond donors (Lipinski definition) is 2. The Balaban J connectivity index is 2.00. The van der Waals surface area contributed by atoms with Gasteiger partial charge in [-0.15, -0.1) is 0 Å². The van der Waals surface area contributed by atoms with E-state index in [0.717, 1.165) is 5.69 Å². The molecule has 0 spiro atoms. The lowest BCUT2D eigenvalue weighted by Crippen LogP contribution is -2.23. The summed E-state index contributed by atoms with van der Waals surface area (Å²) in [5, 5.41) is 2.85. The Labute approximate surface area is 113 Å². The van der Waals surface area contributed by atoms with E-state index in [0.29, 0.717) is 12.1 Å². The highest BCUT2D eigenvalue weighted by Gasteiger charge is 2.14. The maximum Gasteiger partial charge on any atom is 0.251 e. The van der Waals surface area contributed by atoms with Gasteiger partial charge in [0.15, 0.2) is 0 Å². The molecule has 0 fully saturated rings. The highest BCUT2D eigenvalue weighted by molar-refractivity contribution is 5.94. The quantitative estimate of drug-likeness (QED) is 0.888. The van der Waals surface area contributed by atoms with Crippen LogP contribution >= 0.6 is 0 Å². The molecule has 0 saturated heterocycles. The van der Waals surface area contributed by atoms with Crippen molar-refractivity contribution in [2.24, 2.45) is 0 Å². The molecule has 100 valence electrons. The lowest BCUT2D eigenvalue weighted by Gasteiger charge is -2.19. The Morgan fingerprint density at radius 3 is 2.47 bits per heavy atom. The molecule has 1 heterocycles. The van der Waals surface area contributed by atoms with E-state index in [2.05, 4.69) is 36.1 Å². The van der Waals surface area contributed by atoms with E-state index in [9.17, 15) is 4.79 Å². The van der Waals surface area contributed by atoms with Crippen molar-refractivity contribution < 1.29 is 4.79 Å². The summed E-state index contributed by atoms with van der Waals surface area (Å²) in [6, 6.07) is 7.74. The van der Waals surface area contributed by atoms with Gasteiger partial charge in [-0.1, -0.05) is 32.9 Å². The maximum absolute atomic E-state index is 12.0. The minimum atomic E-state index is -0.0740. The summed E-state index contributed by atoms with van der Waals surface area (Å²) in [4.78, 5) is 18.8. The van der Waals surface area contributed by atoms with Crippen LogP contribution in [0.25, 0.3) is 0 Å². The standard InChI is InChI=1S/C15H19N3O/c1-15(2,3)12-6-4-11(5-7-12)14(19)17-9-13-8-16-10-18-13/h4-8,10H,9H2,1-3H3,(H,16,18)(H,17,19). The number of imidazole rings is 1. The number of nitrogens with zero attached hydrogens (tertiary/aromatic N) is 1. The largest absolute Gasteiger partial charge is 0.347 e. The van der Waals surface area contributed by atoms with Crippen molar-refractivity contribution in [3.8, 4) is 0 Å². The van der Waals surface area contributed by atoms with Gasteiger partial charge in [-0.05, 0) is 23.1 Å². The molecule has 0 bridgehead atoms. The molecule has 0 radical (unpaired) electrons. The molecule has 4 heteroatoms. The number of carbonyl (C=O) groups excluding carboxylic acids is 1. The first kappa shape index (κ1) is 13.3. The summed E-state index contributed by atoms with van der Waals surface area (Å²) < 4.78 is 0. The molecule has 0 aliphatic rings. The number of rotatable bonds is 3. The van der Waals surface area contributed by atoms with Gasteiger partial charge in [0.25, 0.3) is 5.91 Å². The molecule has 1 aromatic carbocycles. The van der Waals surface area contributed by atoms with Crippen LogP contribution in [0.3, 0.4) is 0 Å². The average Bonchev–Trinajstić information content (AvgIpc) is 2.88. The zero-order chi connectivity index (χ0) is 13.9. The van der Waals surface area contributed by atoms with Crippen molar-refractivity contribution in [3.05, 3.63) is 53.6 Å². The molecule has 19 heavy (non-hydrogen) atoms. The molecule has 0 atom stereocenters. The third-order valence-electron chi connectivity index (χ3n) is 3.01. The van der Waals surface area contributed by atoms with Crippen LogP contribution in [-0.4, -0.2) is 15.9 Å².